The van der Waals surface area contributed by atoms with Gasteiger partial charge in [-0.25, -0.2) is 4.79 Å². The molecule has 0 radical (unpaired) electrons. The Labute approximate surface area is 164 Å². The van der Waals surface area contributed by atoms with Crippen molar-refractivity contribution in [1.82, 2.24) is 4.98 Å². The van der Waals surface area contributed by atoms with E-state index in [4.69, 9.17) is 14.2 Å². The number of fused-ring (bicyclic) bond motifs is 1. The summed E-state index contributed by atoms with van der Waals surface area (Å²) in [4.78, 5) is 17.1. The van der Waals surface area contributed by atoms with Gasteiger partial charge in [-0.2, -0.15) is 0 Å². The predicted octanol–water partition coefficient (Wildman–Crippen LogP) is 4.73. The number of ether oxygens (including phenoxy) is 3. The zero-order chi connectivity index (χ0) is 20.1. The van der Waals surface area contributed by atoms with E-state index in [1.807, 2.05) is 36.4 Å². The topological polar surface area (TPSA) is 69.7 Å². The molecule has 0 amide bonds. The van der Waals surface area contributed by atoms with E-state index in [0.29, 0.717) is 28.4 Å². The predicted molar refractivity (Wildman–Crippen MR) is 110 cm³/mol. The summed E-state index contributed by atoms with van der Waals surface area (Å²) in [7, 11) is 3.20. The number of pyridine rings is 1. The maximum atomic E-state index is 12.6. The van der Waals surface area contributed by atoms with Crippen molar-refractivity contribution in [3.8, 4) is 11.5 Å². The van der Waals surface area contributed by atoms with Crippen molar-refractivity contribution >= 4 is 28.2 Å². The molecule has 1 aromatic heterocycles. The van der Waals surface area contributed by atoms with Crippen molar-refractivity contribution in [2.45, 2.75) is 20.3 Å². The second-order valence-corrected chi connectivity index (χ2v) is 6.13. The number of carbonyl (C=O) groups excluding carboxylic acids is 1. The lowest BCUT2D eigenvalue weighted by Gasteiger charge is -2.17. The number of hydrogen-bond donors (Lipinski definition) is 1. The Balaban J connectivity index is 2.22. The number of para-hydroxylation sites is 1. The fourth-order valence-electron chi connectivity index (χ4n) is 3.11. The molecule has 0 saturated carbocycles. The van der Waals surface area contributed by atoms with Gasteiger partial charge in [0.15, 0.2) is 0 Å². The van der Waals surface area contributed by atoms with Crippen LogP contribution in [0.4, 0.5) is 11.4 Å². The summed E-state index contributed by atoms with van der Waals surface area (Å²) in [5.74, 6) is 0.879. The summed E-state index contributed by atoms with van der Waals surface area (Å²) < 4.78 is 16.0. The first-order valence-electron chi connectivity index (χ1n) is 9.19. The molecule has 1 N–H and O–H groups in total. The van der Waals surface area contributed by atoms with Crippen molar-refractivity contribution in [3.63, 3.8) is 0 Å². The van der Waals surface area contributed by atoms with Crippen LogP contribution in [0.15, 0.2) is 42.6 Å². The fourth-order valence-corrected chi connectivity index (χ4v) is 3.11. The van der Waals surface area contributed by atoms with Crippen molar-refractivity contribution in [3.05, 3.63) is 53.7 Å². The van der Waals surface area contributed by atoms with E-state index < -0.39 is 5.97 Å². The van der Waals surface area contributed by atoms with Crippen LogP contribution in [0, 0.1) is 0 Å². The Bertz CT molecular complexity index is 1000. The number of carbonyl (C=O) groups is 1. The minimum atomic E-state index is -0.428. The first-order valence-corrected chi connectivity index (χ1v) is 9.19. The SMILES string of the molecule is CCOC(=O)c1cnc2c(CC)cccc2c1Nc1cc(OC)ccc1OC. The summed E-state index contributed by atoms with van der Waals surface area (Å²) in [6, 6.07) is 11.4. The van der Waals surface area contributed by atoms with Crippen LogP contribution in [-0.2, 0) is 11.2 Å². The largest absolute Gasteiger partial charge is 0.497 e. The molecular formula is C22H24N2O4. The molecule has 6 heteroatoms. The average molecular weight is 380 g/mol. The molecule has 0 aliphatic rings. The third-order valence-corrected chi connectivity index (χ3v) is 4.52. The number of benzene rings is 2. The maximum Gasteiger partial charge on any atom is 0.341 e. The van der Waals surface area contributed by atoms with Gasteiger partial charge in [-0.05, 0) is 31.0 Å². The molecule has 3 rings (SSSR count). The van der Waals surface area contributed by atoms with Crippen LogP contribution in [-0.4, -0.2) is 31.8 Å². The average Bonchev–Trinajstić information content (AvgIpc) is 2.73. The molecule has 3 aromatic rings. The number of nitrogens with zero attached hydrogens (tertiary/aromatic N) is 1. The third-order valence-electron chi connectivity index (χ3n) is 4.52. The van der Waals surface area contributed by atoms with Gasteiger partial charge in [-0.3, -0.25) is 4.98 Å². The number of anilines is 2. The van der Waals surface area contributed by atoms with Crippen molar-refractivity contribution in [1.29, 1.82) is 0 Å². The van der Waals surface area contributed by atoms with E-state index in [-0.39, 0.29) is 6.61 Å². The number of rotatable bonds is 7. The van der Waals surface area contributed by atoms with E-state index in [1.165, 1.54) is 0 Å². The zero-order valence-electron chi connectivity index (χ0n) is 16.5. The first-order chi connectivity index (χ1) is 13.6. The summed E-state index contributed by atoms with van der Waals surface area (Å²) in [6.45, 7) is 4.14. The fraction of sp³-hybridized carbons (Fsp3) is 0.273. The summed E-state index contributed by atoms with van der Waals surface area (Å²) >= 11 is 0. The van der Waals surface area contributed by atoms with E-state index in [0.717, 1.165) is 22.9 Å². The van der Waals surface area contributed by atoms with Crippen LogP contribution in [0.25, 0.3) is 10.9 Å². The summed E-state index contributed by atoms with van der Waals surface area (Å²) in [6.07, 6.45) is 2.40. The molecule has 0 bridgehead atoms. The van der Waals surface area contributed by atoms with Gasteiger partial charge in [-0.1, -0.05) is 25.1 Å². The van der Waals surface area contributed by atoms with Gasteiger partial charge in [0.2, 0.25) is 0 Å². The number of aryl methyl sites for hydroxylation is 1. The Kier molecular flexibility index (Phi) is 5.99. The zero-order valence-corrected chi connectivity index (χ0v) is 16.5. The van der Waals surface area contributed by atoms with Crippen molar-refractivity contribution in [2.75, 3.05) is 26.1 Å². The number of nitrogens with one attached hydrogen (secondary N) is 1. The highest BCUT2D eigenvalue weighted by Gasteiger charge is 2.19. The van der Waals surface area contributed by atoms with Crippen LogP contribution >= 0.6 is 0 Å². The minimum Gasteiger partial charge on any atom is -0.497 e. The Morgan fingerprint density at radius 2 is 1.93 bits per heavy atom. The van der Waals surface area contributed by atoms with Gasteiger partial charge in [0.05, 0.1) is 37.7 Å². The van der Waals surface area contributed by atoms with Gasteiger partial charge < -0.3 is 19.5 Å². The van der Waals surface area contributed by atoms with E-state index in [9.17, 15) is 4.79 Å². The van der Waals surface area contributed by atoms with Crippen molar-refractivity contribution in [2.24, 2.45) is 0 Å². The number of aromatic nitrogens is 1. The van der Waals surface area contributed by atoms with Crippen LogP contribution in [0.2, 0.25) is 0 Å². The van der Waals surface area contributed by atoms with Gasteiger partial charge in [0, 0.05) is 17.6 Å². The molecule has 1 heterocycles. The smallest absolute Gasteiger partial charge is 0.341 e. The monoisotopic (exact) mass is 380 g/mol. The molecule has 28 heavy (non-hydrogen) atoms. The quantitative estimate of drug-likeness (QED) is 0.597. The Hall–Kier alpha value is -3.28. The van der Waals surface area contributed by atoms with Gasteiger partial charge >= 0.3 is 5.97 Å². The lowest BCUT2D eigenvalue weighted by Crippen LogP contribution is -2.10. The van der Waals surface area contributed by atoms with Crippen molar-refractivity contribution < 1.29 is 19.0 Å². The summed E-state index contributed by atoms with van der Waals surface area (Å²) in [5.41, 5.74) is 3.63. The number of esters is 1. The van der Waals surface area contributed by atoms with E-state index >= 15 is 0 Å². The number of hydrogen-bond acceptors (Lipinski definition) is 6. The highest BCUT2D eigenvalue weighted by Crippen LogP contribution is 2.36. The molecule has 0 fully saturated rings. The van der Waals surface area contributed by atoms with Crippen LogP contribution in [0.1, 0.15) is 29.8 Å². The Morgan fingerprint density at radius 1 is 1.11 bits per heavy atom. The molecule has 0 aliphatic carbocycles. The van der Waals surface area contributed by atoms with Gasteiger partial charge in [0.25, 0.3) is 0 Å². The van der Waals surface area contributed by atoms with Gasteiger partial charge in [-0.15, -0.1) is 0 Å². The molecule has 0 atom stereocenters. The highest BCUT2D eigenvalue weighted by molar-refractivity contribution is 6.06. The molecule has 146 valence electrons. The lowest BCUT2D eigenvalue weighted by atomic mass is 10.0. The highest BCUT2D eigenvalue weighted by atomic mass is 16.5. The molecule has 0 aliphatic heterocycles. The summed E-state index contributed by atoms with van der Waals surface area (Å²) in [5, 5.41) is 4.20. The second-order valence-electron chi connectivity index (χ2n) is 6.13. The second kappa shape index (κ2) is 8.61. The Morgan fingerprint density at radius 3 is 2.61 bits per heavy atom. The van der Waals surface area contributed by atoms with Crippen LogP contribution in [0.3, 0.4) is 0 Å². The standard InChI is InChI=1S/C22H24N2O4/c1-5-14-8-7-9-16-20(14)23-13-17(22(25)28-6-2)21(16)24-18-12-15(26-3)10-11-19(18)27-4/h7-13H,5-6H2,1-4H3,(H,23,24). The van der Waals surface area contributed by atoms with E-state index in [1.54, 1.807) is 27.3 Å². The number of methoxy groups -OCH3 is 2. The normalized spacial score (nSPS) is 10.6. The molecular weight excluding hydrogens is 356 g/mol. The van der Waals surface area contributed by atoms with Gasteiger partial charge in [0.1, 0.15) is 17.1 Å². The molecule has 0 unspecified atom stereocenters. The molecule has 6 nitrogen and oxygen atoms in total. The minimum absolute atomic E-state index is 0.286. The maximum absolute atomic E-state index is 12.6. The molecule has 2 aromatic carbocycles. The third kappa shape index (κ3) is 3.71. The first kappa shape index (κ1) is 19.5. The van der Waals surface area contributed by atoms with Crippen LogP contribution < -0.4 is 14.8 Å². The molecule has 0 saturated heterocycles. The molecule has 0 spiro atoms. The van der Waals surface area contributed by atoms with Crippen LogP contribution in [0.5, 0.6) is 11.5 Å². The lowest BCUT2D eigenvalue weighted by molar-refractivity contribution is 0.0527. The van der Waals surface area contributed by atoms with E-state index in [2.05, 4.69) is 17.2 Å².